The van der Waals surface area contributed by atoms with Gasteiger partial charge in [-0.05, 0) is 0 Å². The molecule has 1 aliphatic heterocycles. The molecular formula is C23H20N2OSe. The number of benzene rings is 3. The van der Waals surface area contributed by atoms with Gasteiger partial charge in [0.15, 0.2) is 0 Å². The zero-order valence-corrected chi connectivity index (χ0v) is 16.8. The van der Waals surface area contributed by atoms with Crippen molar-refractivity contribution in [2.75, 3.05) is 13.6 Å². The predicted molar refractivity (Wildman–Crippen MR) is 112 cm³/mol. The van der Waals surface area contributed by atoms with Crippen molar-refractivity contribution in [2.45, 2.75) is 6.42 Å². The predicted octanol–water partition coefficient (Wildman–Crippen LogP) is 3.45. The van der Waals surface area contributed by atoms with Gasteiger partial charge in [0, 0.05) is 0 Å². The van der Waals surface area contributed by atoms with Crippen LogP contribution in [0.15, 0.2) is 78.5 Å². The molecule has 134 valence electrons. The molecule has 1 heterocycles. The molecule has 1 aliphatic rings. The molecule has 4 rings (SSSR count). The molecular weight excluding hydrogens is 399 g/mol. The summed E-state index contributed by atoms with van der Waals surface area (Å²) < 4.78 is 0.850. The SMILES string of the molecule is CN1C(=[Se])N(CCc2ccccc2)C(=O)/C1=C\c1ccc2ccccc2c1. The van der Waals surface area contributed by atoms with Crippen LogP contribution >= 0.6 is 0 Å². The fraction of sp³-hybridized carbons (Fsp3) is 0.130. The second-order valence-electron chi connectivity index (χ2n) is 6.67. The summed E-state index contributed by atoms with van der Waals surface area (Å²) in [4.78, 5) is 16.7. The number of hydrogen-bond donors (Lipinski definition) is 0. The van der Waals surface area contributed by atoms with E-state index in [2.05, 4.69) is 58.0 Å². The Morgan fingerprint density at radius 2 is 1.63 bits per heavy atom. The van der Waals surface area contributed by atoms with Gasteiger partial charge < -0.3 is 0 Å². The first-order chi connectivity index (χ1) is 13.1. The zero-order valence-electron chi connectivity index (χ0n) is 15.1. The minimum absolute atomic E-state index is 0.0374. The van der Waals surface area contributed by atoms with Crippen molar-refractivity contribution in [3.63, 3.8) is 0 Å². The van der Waals surface area contributed by atoms with Gasteiger partial charge in [0.2, 0.25) is 0 Å². The summed E-state index contributed by atoms with van der Waals surface area (Å²) in [5.41, 5.74) is 2.95. The summed E-state index contributed by atoms with van der Waals surface area (Å²) in [7, 11) is 1.93. The van der Waals surface area contributed by atoms with E-state index in [1.807, 2.05) is 53.3 Å². The van der Waals surface area contributed by atoms with E-state index < -0.39 is 0 Å². The molecule has 0 N–H and O–H groups in total. The van der Waals surface area contributed by atoms with Crippen molar-refractivity contribution in [2.24, 2.45) is 0 Å². The van der Waals surface area contributed by atoms with E-state index in [1.54, 1.807) is 0 Å². The second kappa shape index (κ2) is 7.51. The molecule has 3 aromatic rings. The second-order valence-corrected chi connectivity index (χ2v) is 7.44. The summed E-state index contributed by atoms with van der Waals surface area (Å²) in [6.07, 6.45) is 2.80. The summed E-state index contributed by atoms with van der Waals surface area (Å²) in [6, 6.07) is 24.8. The number of carbonyl (C=O) groups excluding carboxylic acids is 1. The Bertz CT molecular complexity index is 1040. The molecule has 1 fully saturated rings. The van der Waals surface area contributed by atoms with Crippen LogP contribution < -0.4 is 0 Å². The van der Waals surface area contributed by atoms with E-state index in [-0.39, 0.29) is 5.91 Å². The van der Waals surface area contributed by atoms with Gasteiger partial charge in [-0.3, -0.25) is 0 Å². The monoisotopic (exact) mass is 420 g/mol. The van der Waals surface area contributed by atoms with E-state index in [4.69, 9.17) is 0 Å². The molecule has 0 aromatic heterocycles. The molecule has 1 saturated heterocycles. The van der Waals surface area contributed by atoms with Crippen molar-refractivity contribution in [3.05, 3.63) is 89.6 Å². The molecule has 0 spiro atoms. The summed E-state index contributed by atoms with van der Waals surface area (Å²) in [5.74, 6) is 0.0374. The number of amides is 1. The van der Waals surface area contributed by atoms with Gasteiger partial charge in [-0.15, -0.1) is 0 Å². The van der Waals surface area contributed by atoms with Crippen LogP contribution in [0.25, 0.3) is 16.8 Å². The zero-order chi connectivity index (χ0) is 18.8. The Hall–Kier alpha value is -2.68. The Labute approximate surface area is 167 Å². The Morgan fingerprint density at radius 1 is 0.926 bits per heavy atom. The fourth-order valence-electron chi connectivity index (χ4n) is 3.35. The van der Waals surface area contributed by atoms with Crippen LogP contribution in [0.5, 0.6) is 0 Å². The topological polar surface area (TPSA) is 23.6 Å². The number of carbonyl (C=O) groups is 1. The van der Waals surface area contributed by atoms with Crippen molar-refractivity contribution in [1.29, 1.82) is 0 Å². The van der Waals surface area contributed by atoms with Crippen LogP contribution in [0, 0.1) is 0 Å². The Morgan fingerprint density at radius 3 is 2.41 bits per heavy atom. The number of fused-ring (bicyclic) bond motifs is 1. The maximum atomic E-state index is 13.0. The summed E-state index contributed by atoms with van der Waals surface area (Å²) in [6.45, 7) is 0.657. The van der Waals surface area contributed by atoms with E-state index in [9.17, 15) is 4.79 Å². The first-order valence-electron chi connectivity index (χ1n) is 8.97. The molecule has 0 unspecified atom stereocenters. The van der Waals surface area contributed by atoms with Crippen molar-refractivity contribution < 1.29 is 4.79 Å². The summed E-state index contributed by atoms with van der Waals surface area (Å²) in [5, 5.41) is 2.37. The Balaban J connectivity index is 1.58. The third-order valence-electron chi connectivity index (χ3n) is 4.89. The van der Waals surface area contributed by atoms with Gasteiger partial charge >= 0.3 is 167 Å². The van der Waals surface area contributed by atoms with Gasteiger partial charge in [0.25, 0.3) is 0 Å². The molecule has 0 saturated carbocycles. The number of rotatable bonds is 4. The fourth-order valence-corrected chi connectivity index (χ4v) is 3.92. The average molecular weight is 419 g/mol. The average Bonchev–Trinajstić information content (AvgIpc) is 2.90. The number of likely N-dealkylation sites (N-methyl/N-ethyl adjacent to an activating group) is 1. The van der Waals surface area contributed by atoms with E-state index >= 15 is 0 Å². The molecule has 27 heavy (non-hydrogen) atoms. The van der Waals surface area contributed by atoms with Crippen LogP contribution in [0.3, 0.4) is 0 Å². The van der Waals surface area contributed by atoms with Crippen molar-refractivity contribution in [1.82, 2.24) is 9.80 Å². The van der Waals surface area contributed by atoms with Crippen molar-refractivity contribution >= 4 is 43.0 Å². The normalized spacial score (nSPS) is 16.0. The standard InChI is InChI=1S/C23H20N2OSe/c1-24-21(16-18-11-12-19-9-5-6-10-20(19)15-18)22(26)25(23(24)27)14-13-17-7-3-2-4-8-17/h2-12,15-16H,13-14H2,1H3/b21-16+. The van der Waals surface area contributed by atoms with Gasteiger partial charge in [0.05, 0.1) is 0 Å². The number of nitrogens with zero attached hydrogens (tertiary/aromatic N) is 2. The third kappa shape index (κ3) is 3.59. The molecule has 4 heteroatoms. The Kier molecular flexibility index (Phi) is 4.93. The van der Waals surface area contributed by atoms with Gasteiger partial charge in [0.1, 0.15) is 0 Å². The molecule has 0 radical (unpaired) electrons. The quantitative estimate of drug-likeness (QED) is 0.478. The first kappa shape index (κ1) is 17.7. The van der Waals surface area contributed by atoms with Gasteiger partial charge in [-0.1, -0.05) is 0 Å². The minimum atomic E-state index is 0.0374. The number of hydrogen-bond acceptors (Lipinski definition) is 2. The van der Waals surface area contributed by atoms with Crippen LogP contribution in [0.4, 0.5) is 0 Å². The third-order valence-corrected chi connectivity index (χ3v) is 5.92. The first-order valence-corrected chi connectivity index (χ1v) is 9.83. The van der Waals surface area contributed by atoms with E-state index in [0.717, 1.165) is 16.6 Å². The summed E-state index contributed by atoms with van der Waals surface area (Å²) >= 11 is 3.06. The van der Waals surface area contributed by atoms with Crippen LogP contribution in [-0.4, -0.2) is 49.5 Å². The molecule has 3 aromatic carbocycles. The van der Waals surface area contributed by atoms with E-state index in [0.29, 0.717) is 12.2 Å². The molecule has 0 atom stereocenters. The molecule has 0 bridgehead atoms. The molecule has 1 amide bonds. The van der Waals surface area contributed by atoms with Crippen LogP contribution in [0.1, 0.15) is 11.1 Å². The maximum absolute atomic E-state index is 13.0. The van der Waals surface area contributed by atoms with Crippen molar-refractivity contribution in [3.8, 4) is 0 Å². The van der Waals surface area contributed by atoms with Crippen LogP contribution in [0.2, 0.25) is 0 Å². The van der Waals surface area contributed by atoms with E-state index in [1.165, 1.54) is 16.3 Å². The molecule has 3 nitrogen and oxygen atoms in total. The van der Waals surface area contributed by atoms with Gasteiger partial charge in [-0.25, -0.2) is 0 Å². The molecule has 0 aliphatic carbocycles. The van der Waals surface area contributed by atoms with Gasteiger partial charge in [-0.2, -0.15) is 0 Å². The van der Waals surface area contributed by atoms with Crippen LogP contribution in [-0.2, 0) is 11.2 Å².